The quantitative estimate of drug-likeness (QED) is 0.837. The minimum atomic E-state index is -0.276. The first-order chi connectivity index (χ1) is 13.0. The summed E-state index contributed by atoms with van der Waals surface area (Å²) in [5.74, 6) is 1.01. The molecule has 0 radical (unpaired) electrons. The number of anilines is 2. The Hall–Kier alpha value is -2.87. The number of ether oxygens (including phenoxy) is 1. The van der Waals surface area contributed by atoms with Crippen molar-refractivity contribution in [3.63, 3.8) is 0 Å². The molecule has 1 amide bonds. The van der Waals surface area contributed by atoms with Crippen molar-refractivity contribution >= 4 is 17.4 Å². The monoisotopic (exact) mass is 370 g/mol. The molecule has 142 valence electrons. The summed E-state index contributed by atoms with van der Waals surface area (Å²) < 4.78 is 5.33. The van der Waals surface area contributed by atoms with Crippen molar-refractivity contribution in [3.05, 3.63) is 46.0 Å². The summed E-state index contributed by atoms with van der Waals surface area (Å²) in [6, 6.07) is 6.64. The molecule has 0 aliphatic carbocycles. The number of carbonyl (C=O) groups excluding carboxylic acids is 1. The summed E-state index contributed by atoms with van der Waals surface area (Å²) >= 11 is 0. The second-order valence-electron chi connectivity index (χ2n) is 6.94. The molecule has 8 heteroatoms. The van der Waals surface area contributed by atoms with Gasteiger partial charge in [-0.1, -0.05) is 13.0 Å². The van der Waals surface area contributed by atoms with Crippen molar-refractivity contribution in [2.45, 2.75) is 19.3 Å². The zero-order valence-corrected chi connectivity index (χ0v) is 15.1. The molecular formula is C19H22N4O4. The number of phenolic OH excluding ortho intramolecular Hbond substituents is 1. The maximum absolute atomic E-state index is 12.9. The predicted molar refractivity (Wildman–Crippen MR) is 100 cm³/mol. The fourth-order valence-corrected chi connectivity index (χ4v) is 3.75. The average molecular weight is 370 g/mol. The zero-order valence-electron chi connectivity index (χ0n) is 15.1. The molecule has 3 heterocycles. The smallest absolute Gasteiger partial charge is 0.252 e. The van der Waals surface area contributed by atoms with Crippen molar-refractivity contribution in [1.82, 2.24) is 9.97 Å². The van der Waals surface area contributed by atoms with E-state index in [1.54, 1.807) is 17.0 Å². The van der Waals surface area contributed by atoms with Crippen LogP contribution in [0.25, 0.3) is 0 Å². The van der Waals surface area contributed by atoms with Crippen LogP contribution in [0.2, 0.25) is 0 Å². The van der Waals surface area contributed by atoms with Crippen LogP contribution >= 0.6 is 0 Å². The Balaban J connectivity index is 1.56. The number of amides is 1. The molecule has 4 rings (SSSR count). The van der Waals surface area contributed by atoms with Gasteiger partial charge in [0.15, 0.2) is 0 Å². The molecule has 0 spiro atoms. The number of aromatic hydroxyl groups is 1. The van der Waals surface area contributed by atoms with E-state index in [4.69, 9.17) is 4.74 Å². The number of aromatic amines is 1. The van der Waals surface area contributed by atoms with Crippen molar-refractivity contribution in [3.8, 4) is 5.75 Å². The molecule has 1 atom stereocenters. The lowest BCUT2D eigenvalue weighted by atomic mass is 10.0. The molecule has 0 bridgehead atoms. The van der Waals surface area contributed by atoms with Gasteiger partial charge in [0.25, 0.3) is 5.56 Å². The van der Waals surface area contributed by atoms with E-state index in [-0.39, 0.29) is 29.6 Å². The number of hydrogen-bond acceptors (Lipinski definition) is 6. The minimum absolute atomic E-state index is 0.00473. The van der Waals surface area contributed by atoms with Gasteiger partial charge in [0.2, 0.25) is 5.91 Å². The van der Waals surface area contributed by atoms with Crippen LogP contribution in [0.3, 0.4) is 0 Å². The molecule has 2 aliphatic rings. The van der Waals surface area contributed by atoms with E-state index < -0.39 is 0 Å². The lowest BCUT2D eigenvalue weighted by molar-refractivity contribution is -0.118. The number of morpholine rings is 1. The predicted octanol–water partition coefficient (Wildman–Crippen LogP) is 1.00. The van der Waals surface area contributed by atoms with Crippen LogP contribution in [0.5, 0.6) is 5.75 Å². The molecule has 2 aromatic rings. The number of nitrogens with zero attached hydrogens (tertiary/aromatic N) is 3. The number of H-pyrrole nitrogens is 1. The van der Waals surface area contributed by atoms with E-state index in [1.165, 1.54) is 6.07 Å². The molecule has 2 N–H and O–H groups in total. The highest BCUT2D eigenvalue weighted by molar-refractivity contribution is 5.97. The minimum Gasteiger partial charge on any atom is -0.508 e. The number of phenols is 1. The van der Waals surface area contributed by atoms with Gasteiger partial charge in [-0.05, 0) is 12.1 Å². The maximum Gasteiger partial charge on any atom is 0.252 e. The largest absolute Gasteiger partial charge is 0.508 e. The number of hydrogen-bond donors (Lipinski definition) is 2. The second kappa shape index (κ2) is 7.03. The van der Waals surface area contributed by atoms with Crippen LogP contribution in [0.15, 0.2) is 29.1 Å². The SMILES string of the molecule is C[C@H]1CN(C(=O)Cc2nc(N3CCOCC3)cc(=O)[nH]2)c2cccc(O)c21. The van der Waals surface area contributed by atoms with Gasteiger partial charge in [-0.15, -0.1) is 0 Å². The fourth-order valence-electron chi connectivity index (χ4n) is 3.75. The summed E-state index contributed by atoms with van der Waals surface area (Å²) in [4.78, 5) is 35.7. The second-order valence-corrected chi connectivity index (χ2v) is 6.94. The Labute approximate surface area is 156 Å². The van der Waals surface area contributed by atoms with E-state index >= 15 is 0 Å². The average Bonchev–Trinajstić information content (AvgIpc) is 3.00. The molecule has 1 saturated heterocycles. The Morgan fingerprint density at radius 3 is 2.93 bits per heavy atom. The lowest BCUT2D eigenvalue weighted by Crippen LogP contribution is -2.38. The van der Waals surface area contributed by atoms with E-state index in [0.29, 0.717) is 44.5 Å². The summed E-state index contributed by atoms with van der Waals surface area (Å²) in [6.07, 6.45) is -0.00473. The Kier molecular flexibility index (Phi) is 4.57. The summed E-state index contributed by atoms with van der Waals surface area (Å²) in [5.41, 5.74) is 1.23. The molecule has 8 nitrogen and oxygen atoms in total. The maximum atomic E-state index is 12.9. The first-order valence-electron chi connectivity index (χ1n) is 9.08. The highest BCUT2D eigenvalue weighted by Crippen LogP contribution is 2.41. The molecule has 2 aliphatic heterocycles. The van der Waals surface area contributed by atoms with Gasteiger partial charge >= 0.3 is 0 Å². The zero-order chi connectivity index (χ0) is 19.0. The van der Waals surface area contributed by atoms with E-state index in [2.05, 4.69) is 9.97 Å². The number of aromatic nitrogens is 2. The Bertz CT molecular complexity index is 920. The van der Waals surface area contributed by atoms with Crippen molar-refractivity contribution in [2.24, 2.45) is 0 Å². The van der Waals surface area contributed by atoms with Crippen LogP contribution in [-0.4, -0.2) is 53.8 Å². The van der Waals surface area contributed by atoms with Gasteiger partial charge in [-0.3, -0.25) is 9.59 Å². The summed E-state index contributed by atoms with van der Waals surface area (Å²) in [6.45, 7) is 4.99. The highest BCUT2D eigenvalue weighted by atomic mass is 16.5. The van der Waals surface area contributed by atoms with Crippen LogP contribution in [0.4, 0.5) is 11.5 Å². The summed E-state index contributed by atoms with van der Waals surface area (Å²) in [7, 11) is 0. The van der Waals surface area contributed by atoms with Gasteiger partial charge in [0.1, 0.15) is 17.4 Å². The highest BCUT2D eigenvalue weighted by Gasteiger charge is 2.32. The Morgan fingerprint density at radius 2 is 2.15 bits per heavy atom. The summed E-state index contributed by atoms with van der Waals surface area (Å²) in [5, 5.41) is 10.1. The number of rotatable bonds is 3. The third kappa shape index (κ3) is 3.40. The topological polar surface area (TPSA) is 98.8 Å². The van der Waals surface area contributed by atoms with Crippen LogP contribution in [-0.2, 0) is 16.0 Å². The fraction of sp³-hybridized carbons (Fsp3) is 0.421. The van der Waals surface area contributed by atoms with Crippen LogP contribution < -0.4 is 15.4 Å². The number of fused-ring (bicyclic) bond motifs is 1. The van der Waals surface area contributed by atoms with Gasteiger partial charge < -0.3 is 24.6 Å². The molecule has 1 aromatic carbocycles. The van der Waals surface area contributed by atoms with Crippen molar-refractivity contribution in [2.75, 3.05) is 42.6 Å². The van der Waals surface area contributed by atoms with E-state index in [1.807, 2.05) is 17.9 Å². The van der Waals surface area contributed by atoms with Gasteiger partial charge in [-0.25, -0.2) is 4.98 Å². The standard InChI is InChI=1S/C19H22N4O4/c1-12-11-23(13-3-2-4-14(24)19(12)13)18(26)9-15-20-16(10-17(25)21-15)22-5-7-27-8-6-22/h2-4,10,12,24H,5-9,11H2,1H3,(H,20,21,25)/t12-/m0/s1. The van der Waals surface area contributed by atoms with Crippen LogP contribution in [0, 0.1) is 0 Å². The van der Waals surface area contributed by atoms with Gasteiger partial charge in [0, 0.05) is 37.2 Å². The third-order valence-electron chi connectivity index (χ3n) is 5.03. The van der Waals surface area contributed by atoms with Crippen LogP contribution in [0.1, 0.15) is 24.2 Å². The number of carbonyl (C=O) groups is 1. The first-order valence-corrected chi connectivity index (χ1v) is 9.08. The molecule has 27 heavy (non-hydrogen) atoms. The molecule has 1 aromatic heterocycles. The third-order valence-corrected chi connectivity index (χ3v) is 5.03. The molecule has 0 saturated carbocycles. The van der Waals surface area contributed by atoms with Gasteiger partial charge in [-0.2, -0.15) is 0 Å². The first kappa shape index (κ1) is 17.5. The normalized spacial score (nSPS) is 19.2. The number of benzene rings is 1. The van der Waals surface area contributed by atoms with E-state index in [0.717, 1.165) is 11.3 Å². The molecule has 1 fully saturated rings. The van der Waals surface area contributed by atoms with E-state index in [9.17, 15) is 14.7 Å². The Morgan fingerprint density at radius 1 is 1.37 bits per heavy atom. The van der Waals surface area contributed by atoms with Crippen molar-refractivity contribution in [1.29, 1.82) is 0 Å². The van der Waals surface area contributed by atoms with Gasteiger partial charge in [0.05, 0.1) is 25.3 Å². The molecular weight excluding hydrogens is 348 g/mol. The lowest BCUT2D eigenvalue weighted by Gasteiger charge is -2.27. The number of nitrogens with one attached hydrogen (secondary N) is 1. The molecule has 0 unspecified atom stereocenters. The van der Waals surface area contributed by atoms with Crippen molar-refractivity contribution < 1.29 is 14.6 Å².